The molecular weight excluding hydrogens is 248 g/mol. The van der Waals surface area contributed by atoms with Crippen molar-refractivity contribution in [2.75, 3.05) is 0 Å². The Morgan fingerprint density at radius 2 is 1.53 bits per heavy atom. The van der Waals surface area contributed by atoms with Crippen LogP contribution in [0.4, 0.5) is 0 Å². The smallest absolute Gasteiger partial charge is 0.0119 e. The molecule has 19 heavy (non-hydrogen) atoms. The predicted octanol–water partition coefficient (Wildman–Crippen LogP) is 5.86. The fraction of sp³-hybridized carbons (Fsp3) is 0.556. The van der Waals surface area contributed by atoms with Crippen molar-refractivity contribution in [2.24, 2.45) is 5.41 Å². The van der Waals surface area contributed by atoms with E-state index in [-0.39, 0.29) is 4.75 Å². The average molecular weight is 276 g/mol. The van der Waals surface area contributed by atoms with Crippen LogP contribution in [0.1, 0.15) is 52.7 Å². The summed E-state index contributed by atoms with van der Waals surface area (Å²) in [7, 11) is 0. The highest BCUT2D eigenvalue weighted by Crippen LogP contribution is 2.33. The van der Waals surface area contributed by atoms with Crippen LogP contribution in [0.2, 0.25) is 0 Å². The summed E-state index contributed by atoms with van der Waals surface area (Å²) in [6, 6.07) is 8.78. The number of hydrogen-bond donors (Lipinski definition) is 0. The molecule has 0 spiro atoms. The largest absolute Gasteiger partial charge is 0.125 e. The Balaban J connectivity index is 2.81. The van der Waals surface area contributed by atoms with Crippen molar-refractivity contribution in [3.8, 4) is 0 Å². The topological polar surface area (TPSA) is 0 Å². The van der Waals surface area contributed by atoms with Gasteiger partial charge in [-0.15, -0.1) is 11.8 Å². The number of benzene rings is 1. The minimum atomic E-state index is 0.246. The Hall–Kier alpha value is -0.690. The molecule has 0 nitrogen and oxygen atoms in total. The van der Waals surface area contributed by atoms with Crippen molar-refractivity contribution in [2.45, 2.75) is 59.1 Å². The zero-order valence-electron chi connectivity index (χ0n) is 13.3. The summed E-state index contributed by atoms with van der Waals surface area (Å²) in [6.45, 7) is 17.8. The van der Waals surface area contributed by atoms with Gasteiger partial charge in [-0.1, -0.05) is 72.4 Å². The van der Waals surface area contributed by atoms with Crippen LogP contribution in [-0.4, -0.2) is 4.75 Å². The van der Waals surface area contributed by atoms with Crippen molar-refractivity contribution in [1.82, 2.24) is 0 Å². The fourth-order valence-corrected chi connectivity index (χ4v) is 3.25. The molecule has 0 aliphatic rings. The molecule has 0 N–H and O–H groups in total. The number of thioether (sulfide) groups is 1. The van der Waals surface area contributed by atoms with Crippen molar-refractivity contribution in [3.63, 3.8) is 0 Å². The van der Waals surface area contributed by atoms with Crippen LogP contribution < -0.4 is 0 Å². The second-order valence-electron chi connectivity index (χ2n) is 7.44. The molecule has 0 radical (unpaired) electrons. The van der Waals surface area contributed by atoms with Crippen molar-refractivity contribution in [3.05, 3.63) is 46.9 Å². The first kappa shape index (κ1) is 16.4. The van der Waals surface area contributed by atoms with Gasteiger partial charge in [-0.3, -0.25) is 0 Å². The van der Waals surface area contributed by atoms with E-state index in [2.05, 4.69) is 72.4 Å². The van der Waals surface area contributed by atoms with Gasteiger partial charge in [0.2, 0.25) is 0 Å². The van der Waals surface area contributed by atoms with Crippen LogP contribution in [-0.2, 0) is 12.8 Å². The van der Waals surface area contributed by atoms with Gasteiger partial charge in [0.25, 0.3) is 0 Å². The summed E-state index contributed by atoms with van der Waals surface area (Å²) in [6.07, 6.45) is 2.10. The van der Waals surface area contributed by atoms with E-state index in [1.54, 1.807) is 0 Å². The molecule has 0 aromatic heterocycles. The zero-order valence-corrected chi connectivity index (χ0v) is 14.2. The summed E-state index contributed by atoms with van der Waals surface area (Å²) in [5.74, 6) is 0. The van der Waals surface area contributed by atoms with Gasteiger partial charge >= 0.3 is 0 Å². The Morgan fingerprint density at radius 1 is 1.00 bits per heavy atom. The number of allylic oxidation sites excluding steroid dienone is 1. The van der Waals surface area contributed by atoms with E-state index >= 15 is 0 Å². The number of hydrogen-bond acceptors (Lipinski definition) is 1. The van der Waals surface area contributed by atoms with Gasteiger partial charge in [-0.05, 0) is 27.9 Å². The zero-order chi connectivity index (χ0) is 14.7. The first-order valence-electron chi connectivity index (χ1n) is 7.00. The lowest BCUT2D eigenvalue weighted by Crippen LogP contribution is -2.12. The third-order valence-electron chi connectivity index (χ3n) is 2.68. The molecule has 0 atom stereocenters. The normalized spacial score (nSPS) is 12.5. The quantitative estimate of drug-likeness (QED) is 0.663. The van der Waals surface area contributed by atoms with Crippen molar-refractivity contribution >= 4 is 11.8 Å². The molecule has 1 heteroatoms. The van der Waals surface area contributed by atoms with Gasteiger partial charge in [-0.25, -0.2) is 0 Å². The van der Waals surface area contributed by atoms with E-state index in [1.165, 1.54) is 16.0 Å². The van der Waals surface area contributed by atoms with Crippen LogP contribution in [0.5, 0.6) is 0 Å². The van der Waals surface area contributed by atoms with Crippen molar-refractivity contribution < 1.29 is 0 Å². The van der Waals surface area contributed by atoms with Crippen LogP contribution in [0.3, 0.4) is 0 Å². The van der Waals surface area contributed by atoms with Gasteiger partial charge in [0, 0.05) is 11.2 Å². The Labute approximate surface area is 123 Å². The SMILES string of the molecule is C=C(Cc1ccccc1CC(C)(C)C)SC(C)(C)C. The first-order valence-corrected chi connectivity index (χ1v) is 7.82. The fourth-order valence-electron chi connectivity index (χ4n) is 2.16. The third kappa shape index (κ3) is 6.87. The lowest BCUT2D eigenvalue weighted by Gasteiger charge is -2.22. The minimum absolute atomic E-state index is 0.246. The number of rotatable bonds is 4. The van der Waals surface area contributed by atoms with Gasteiger partial charge < -0.3 is 0 Å². The first-order chi connectivity index (χ1) is 8.57. The molecule has 1 aromatic rings. The molecular formula is C18H28S. The Morgan fingerprint density at radius 3 is 2.00 bits per heavy atom. The minimum Gasteiger partial charge on any atom is -0.125 e. The molecule has 0 amide bonds. The molecule has 1 aromatic carbocycles. The van der Waals surface area contributed by atoms with Crippen LogP contribution in [0, 0.1) is 5.41 Å². The Kier molecular flexibility index (Phi) is 5.32. The molecule has 0 saturated carbocycles. The van der Waals surface area contributed by atoms with Gasteiger partial charge in [-0.2, -0.15) is 0 Å². The maximum absolute atomic E-state index is 4.24. The standard InChI is InChI=1S/C18H28S/c1-14(19-18(5,6)7)12-15-10-8-9-11-16(15)13-17(2,3)4/h8-11H,1,12-13H2,2-7H3. The predicted molar refractivity (Wildman–Crippen MR) is 89.8 cm³/mol. The second-order valence-corrected chi connectivity index (χ2v) is 9.44. The molecule has 0 aliphatic carbocycles. The van der Waals surface area contributed by atoms with Crippen LogP contribution in [0.15, 0.2) is 35.7 Å². The molecule has 0 aliphatic heterocycles. The summed E-state index contributed by atoms with van der Waals surface area (Å²) in [4.78, 5) is 1.26. The van der Waals surface area contributed by atoms with Crippen molar-refractivity contribution in [1.29, 1.82) is 0 Å². The lowest BCUT2D eigenvalue weighted by molar-refractivity contribution is 0.410. The third-order valence-corrected chi connectivity index (χ3v) is 3.72. The van der Waals surface area contributed by atoms with E-state index in [0.717, 1.165) is 12.8 Å². The van der Waals surface area contributed by atoms with E-state index in [1.807, 2.05) is 11.8 Å². The van der Waals surface area contributed by atoms with E-state index < -0.39 is 0 Å². The van der Waals surface area contributed by atoms with E-state index in [4.69, 9.17) is 0 Å². The lowest BCUT2D eigenvalue weighted by atomic mass is 9.86. The highest BCUT2D eigenvalue weighted by Gasteiger charge is 2.16. The average Bonchev–Trinajstić information content (AvgIpc) is 2.15. The summed E-state index contributed by atoms with van der Waals surface area (Å²) < 4.78 is 0.246. The molecule has 0 saturated heterocycles. The highest BCUT2D eigenvalue weighted by molar-refractivity contribution is 8.04. The van der Waals surface area contributed by atoms with E-state index in [9.17, 15) is 0 Å². The highest BCUT2D eigenvalue weighted by atomic mass is 32.2. The van der Waals surface area contributed by atoms with E-state index in [0.29, 0.717) is 5.41 Å². The van der Waals surface area contributed by atoms with Gasteiger partial charge in [0.05, 0.1) is 0 Å². The van der Waals surface area contributed by atoms with Gasteiger partial charge in [0.1, 0.15) is 0 Å². The second kappa shape index (κ2) is 6.17. The summed E-state index contributed by atoms with van der Waals surface area (Å²) in [5.41, 5.74) is 3.22. The molecule has 0 bridgehead atoms. The summed E-state index contributed by atoms with van der Waals surface area (Å²) >= 11 is 1.88. The van der Waals surface area contributed by atoms with Crippen LogP contribution >= 0.6 is 11.8 Å². The van der Waals surface area contributed by atoms with Crippen LogP contribution in [0.25, 0.3) is 0 Å². The monoisotopic (exact) mass is 276 g/mol. The Bertz CT molecular complexity index is 430. The maximum atomic E-state index is 4.24. The molecule has 1 rings (SSSR count). The molecule has 0 heterocycles. The maximum Gasteiger partial charge on any atom is 0.0119 e. The summed E-state index contributed by atoms with van der Waals surface area (Å²) in [5, 5.41) is 0. The molecule has 0 unspecified atom stereocenters. The molecule has 106 valence electrons. The molecule has 0 fully saturated rings. The van der Waals surface area contributed by atoms with Gasteiger partial charge in [0.15, 0.2) is 0 Å².